The summed E-state index contributed by atoms with van der Waals surface area (Å²) in [6.45, 7) is 9.07. The van der Waals surface area contributed by atoms with Crippen LogP contribution < -0.4 is 14.2 Å². The smallest absolute Gasteiger partial charge is 0.203 e. The maximum absolute atomic E-state index is 5.87. The molecule has 10 nitrogen and oxygen atoms in total. The highest BCUT2D eigenvalue weighted by Crippen LogP contribution is 2.41. The Bertz CT molecular complexity index is 1580. The summed E-state index contributed by atoms with van der Waals surface area (Å²) in [6.07, 6.45) is 9.77. The first-order valence-electron chi connectivity index (χ1n) is 16.5. The van der Waals surface area contributed by atoms with Gasteiger partial charge in [0.15, 0.2) is 11.5 Å². The summed E-state index contributed by atoms with van der Waals surface area (Å²) in [7, 11) is 9.89. The van der Waals surface area contributed by atoms with Crippen LogP contribution in [-0.4, -0.2) is 99.8 Å². The van der Waals surface area contributed by atoms with E-state index in [1.54, 1.807) is 42.7 Å². The lowest BCUT2D eigenvalue weighted by Crippen LogP contribution is -2.44. The second kappa shape index (κ2) is 16.0. The van der Waals surface area contributed by atoms with Crippen LogP contribution in [0.25, 0.3) is 16.8 Å². The molecule has 1 aliphatic heterocycles. The first-order chi connectivity index (χ1) is 23.3. The summed E-state index contributed by atoms with van der Waals surface area (Å²) >= 11 is 0. The second-order valence-corrected chi connectivity index (χ2v) is 12.4. The average Bonchev–Trinajstić information content (AvgIpc) is 3.13. The number of benzene rings is 1. The highest BCUT2D eigenvalue weighted by molar-refractivity contribution is 5.75. The summed E-state index contributed by atoms with van der Waals surface area (Å²) < 4.78 is 33.9. The molecule has 1 saturated heterocycles. The molecular weight excluding hydrogens is 608 g/mol. The van der Waals surface area contributed by atoms with Crippen LogP contribution in [0.2, 0.25) is 0 Å². The van der Waals surface area contributed by atoms with Crippen molar-refractivity contribution >= 4 is 5.57 Å². The van der Waals surface area contributed by atoms with Gasteiger partial charge < -0.3 is 28.4 Å². The van der Waals surface area contributed by atoms with Crippen molar-refractivity contribution in [1.82, 2.24) is 19.8 Å². The first kappa shape index (κ1) is 35.3. The quantitative estimate of drug-likeness (QED) is 0.206. The molecule has 5 rings (SSSR count). The lowest BCUT2D eigenvalue weighted by atomic mass is 9.87. The maximum Gasteiger partial charge on any atom is 0.203 e. The van der Waals surface area contributed by atoms with E-state index in [2.05, 4.69) is 52.0 Å². The fraction of sp³-hybridized carbons (Fsp3) is 0.474. The number of pyridine rings is 2. The number of rotatable bonds is 14. The van der Waals surface area contributed by atoms with E-state index in [-0.39, 0.29) is 6.10 Å². The Balaban J connectivity index is 1.23. The van der Waals surface area contributed by atoms with E-state index in [9.17, 15) is 0 Å². The standard InChI is InChI=1S/C38H50N4O6/c1-9-42(25-27-11-15-39-31(19-27)28-20-33(43-3)36(46-6)34(21-28)44-4)30-12-16-41(17-13-30)24-26-10-14-40-32(18-26)29-22-35(45-5)37(47-7)38(2,23-29)48-8/h10-11,14-15,18-23,30,37H,9,12-13,16-17,24-25H2,1-8H3. The van der Waals surface area contributed by atoms with Crippen LogP contribution in [0.15, 0.2) is 66.7 Å². The zero-order chi connectivity index (χ0) is 34.3. The third-order valence-corrected chi connectivity index (χ3v) is 9.61. The molecule has 2 unspecified atom stereocenters. The molecule has 48 heavy (non-hydrogen) atoms. The lowest BCUT2D eigenvalue weighted by molar-refractivity contribution is -0.0776. The molecule has 0 saturated carbocycles. The number of allylic oxidation sites excluding steroid dienone is 2. The normalized spacial score (nSPS) is 20.3. The summed E-state index contributed by atoms with van der Waals surface area (Å²) in [5.41, 5.74) is 5.46. The molecule has 0 N–H and O–H groups in total. The van der Waals surface area contributed by atoms with Crippen molar-refractivity contribution in [2.24, 2.45) is 0 Å². The fourth-order valence-electron chi connectivity index (χ4n) is 6.89. The SMILES string of the molecule is CCN(Cc1ccnc(-c2cc(OC)c(OC)c(OC)c2)c1)C1CCN(Cc2ccnc(C3=CC(C)(OC)C(OC)C(OC)=C3)c2)CC1. The molecule has 10 heteroatoms. The van der Waals surface area contributed by atoms with Crippen LogP contribution in [0.4, 0.5) is 0 Å². The van der Waals surface area contributed by atoms with Crippen molar-refractivity contribution in [1.29, 1.82) is 0 Å². The van der Waals surface area contributed by atoms with Crippen LogP contribution in [-0.2, 0) is 27.3 Å². The summed E-state index contributed by atoms with van der Waals surface area (Å²) in [5, 5.41) is 0. The molecule has 3 aromatic rings. The number of aromatic nitrogens is 2. The molecule has 1 fully saturated rings. The van der Waals surface area contributed by atoms with E-state index in [0.717, 1.165) is 73.8 Å². The Kier molecular flexibility index (Phi) is 11.8. The molecule has 0 bridgehead atoms. The van der Waals surface area contributed by atoms with Crippen molar-refractivity contribution < 1.29 is 28.4 Å². The van der Waals surface area contributed by atoms with Crippen molar-refractivity contribution in [3.63, 3.8) is 0 Å². The number of hydrogen-bond acceptors (Lipinski definition) is 10. The second-order valence-electron chi connectivity index (χ2n) is 12.4. The van der Waals surface area contributed by atoms with Crippen LogP contribution in [0.1, 0.15) is 43.5 Å². The Morgan fingerprint density at radius 3 is 2.06 bits per heavy atom. The van der Waals surface area contributed by atoms with E-state index < -0.39 is 5.60 Å². The van der Waals surface area contributed by atoms with Gasteiger partial charge in [0.25, 0.3) is 0 Å². The van der Waals surface area contributed by atoms with Gasteiger partial charge in [0.1, 0.15) is 17.5 Å². The Morgan fingerprint density at radius 1 is 0.833 bits per heavy atom. The Morgan fingerprint density at radius 2 is 1.48 bits per heavy atom. The molecule has 0 amide bonds. The molecule has 0 radical (unpaired) electrons. The number of methoxy groups -OCH3 is 6. The van der Waals surface area contributed by atoms with Crippen LogP contribution in [0.3, 0.4) is 0 Å². The third-order valence-electron chi connectivity index (χ3n) is 9.61. The number of nitrogens with zero attached hydrogens (tertiary/aromatic N) is 4. The molecule has 2 atom stereocenters. The van der Waals surface area contributed by atoms with E-state index >= 15 is 0 Å². The first-order valence-corrected chi connectivity index (χ1v) is 16.5. The molecule has 2 aliphatic rings. The van der Waals surface area contributed by atoms with E-state index in [0.29, 0.717) is 23.3 Å². The van der Waals surface area contributed by atoms with Gasteiger partial charge in [-0.25, -0.2) is 0 Å². The minimum atomic E-state index is -0.663. The molecule has 1 aromatic carbocycles. The van der Waals surface area contributed by atoms with Crippen molar-refractivity contribution in [2.45, 2.75) is 57.5 Å². The van der Waals surface area contributed by atoms with Gasteiger partial charge >= 0.3 is 0 Å². The maximum atomic E-state index is 5.87. The van der Waals surface area contributed by atoms with E-state index in [1.807, 2.05) is 37.5 Å². The summed E-state index contributed by atoms with van der Waals surface area (Å²) in [4.78, 5) is 14.5. The molecule has 1 aliphatic carbocycles. The van der Waals surface area contributed by atoms with Crippen molar-refractivity contribution in [2.75, 3.05) is 62.3 Å². The van der Waals surface area contributed by atoms with Gasteiger partial charge in [0.2, 0.25) is 5.75 Å². The Hall–Kier alpha value is -3.96. The number of hydrogen-bond donors (Lipinski definition) is 0. The highest BCUT2D eigenvalue weighted by Gasteiger charge is 2.40. The van der Waals surface area contributed by atoms with Crippen LogP contribution in [0.5, 0.6) is 17.2 Å². The lowest BCUT2D eigenvalue weighted by Gasteiger charge is -2.38. The third kappa shape index (κ3) is 7.68. The molecule has 2 aromatic heterocycles. The summed E-state index contributed by atoms with van der Waals surface area (Å²) in [6, 6.07) is 13.0. The monoisotopic (exact) mass is 658 g/mol. The number of likely N-dealkylation sites (tertiary alicyclic amines) is 1. The molecule has 0 spiro atoms. The topological polar surface area (TPSA) is 87.6 Å². The molecule has 258 valence electrons. The minimum absolute atomic E-state index is 0.328. The van der Waals surface area contributed by atoms with Gasteiger partial charge in [-0.1, -0.05) is 6.92 Å². The zero-order valence-electron chi connectivity index (χ0n) is 29.6. The van der Waals surface area contributed by atoms with Crippen LogP contribution in [0, 0.1) is 0 Å². The van der Waals surface area contributed by atoms with Gasteiger partial charge in [-0.15, -0.1) is 0 Å². The molecular formula is C38H50N4O6. The van der Waals surface area contributed by atoms with Gasteiger partial charge in [0.05, 0.1) is 39.8 Å². The largest absolute Gasteiger partial charge is 0.498 e. The zero-order valence-corrected chi connectivity index (χ0v) is 29.6. The molecule has 3 heterocycles. The van der Waals surface area contributed by atoms with Gasteiger partial charge in [-0.2, -0.15) is 0 Å². The van der Waals surface area contributed by atoms with Crippen molar-refractivity contribution in [3.8, 4) is 28.5 Å². The number of ether oxygens (including phenoxy) is 6. The van der Waals surface area contributed by atoms with E-state index in [1.165, 1.54) is 11.1 Å². The highest BCUT2D eigenvalue weighted by atomic mass is 16.6. The van der Waals surface area contributed by atoms with Gasteiger partial charge in [-0.3, -0.25) is 19.8 Å². The summed E-state index contributed by atoms with van der Waals surface area (Å²) in [5.74, 6) is 2.52. The van der Waals surface area contributed by atoms with Gasteiger partial charge in [0, 0.05) is 56.9 Å². The van der Waals surface area contributed by atoms with E-state index in [4.69, 9.17) is 33.4 Å². The van der Waals surface area contributed by atoms with Crippen LogP contribution >= 0.6 is 0 Å². The average molecular weight is 659 g/mol. The predicted octanol–water partition coefficient (Wildman–Crippen LogP) is 6.00. The number of piperidine rings is 1. The fourth-order valence-corrected chi connectivity index (χ4v) is 6.89. The Labute approximate surface area is 285 Å². The van der Waals surface area contributed by atoms with Gasteiger partial charge in [-0.05, 0) is 99.1 Å². The van der Waals surface area contributed by atoms with Crippen molar-refractivity contribution in [3.05, 3.63) is 83.5 Å². The predicted molar refractivity (Wildman–Crippen MR) is 187 cm³/mol. The minimum Gasteiger partial charge on any atom is -0.498 e.